The van der Waals surface area contributed by atoms with E-state index in [2.05, 4.69) is 15.2 Å². The first-order valence-electron chi connectivity index (χ1n) is 9.09. The summed E-state index contributed by atoms with van der Waals surface area (Å²) >= 11 is 0. The number of aliphatic carboxylic acids is 1. The van der Waals surface area contributed by atoms with Gasteiger partial charge in [-0.25, -0.2) is 4.98 Å². The van der Waals surface area contributed by atoms with Crippen molar-refractivity contribution in [3.8, 4) is 11.4 Å². The minimum atomic E-state index is -0.776. The molecule has 1 saturated heterocycles. The molecule has 0 bridgehead atoms. The van der Waals surface area contributed by atoms with Crippen LogP contribution in [0.3, 0.4) is 0 Å². The van der Waals surface area contributed by atoms with E-state index in [0.29, 0.717) is 24.4 Å². The number of nitrogens with zero attached hydrogens (tertiary/aromatic N) is 3. The summed E-state index contributed by atoms with van der Waals surface area (Å²) in [7, 11) is 0. The van der Waals surface area contributed by atoms with Gasteiger partial charge in [-0.15, -0.1) is 0 Å². The summed E-state index contributed by atoms with van der Waals surface area (Å²) in [4.78, 5) is 29.7. The number of nitrogens with one attached hydrogen (secondary N) is 1. The van der Waals surface area contributed by atoms with Crippen LogP contribution in [-0.2, 0) is 11.2 Å². The molecule has 0 spiro atoms. The highest BCUT2D eigenvalue weighted by Crippen LogP contribution is 2.23. The van der Waals surface area contributed by atoms with E-state index in [1.54, 1.807) is 12.1 Å². The number of aryl methyl sites for hydroxylation is 1. The van der Waals surface area contributed by atoms with Crippen molar-refractivity contribution in [3.05, 3.63) is 35.7 Å². The Morgan fingerprint density at radius 3 is 2.73 bits per heavy atom. The average Bonchev–Trinajstić information content (AvgIpc) is 3.15. The minimum Gasteiger partial charge on any atom is -0.481 e. The van der Waals surface area contributed by atoms with Crippen LogP contribution in [0.5, 0.6) is 0 Å². The summed E-state index contributed by atoms with van der Waals surface area (Å²) in [5.41, 5.74) is 1.51. The van der Waals surface area contributed by atoms with Crippen LogP contribution in [0.4, 0.5) is 0 Å². The first-order chi connectivity index (χ1) is 12.6. The fourth-order valence-corrected chi connectivity index (χ4v) is 3.34. The Morgan fingerprint density at radius 2 is 2.08 bits per heavy atom. The maximum Gasteiger partial charge on any atom is 0.303 e. The highest BCUT2D eigenvalue weighted by atomic mass is 16.4. The van der Waals surface area contributed by atoms with Crippen molar-refractivity contribution in [2.24, 2.45) is 5.92 Å². The minimum absolute atomic E-state index is 0.000749. The first-order valence-corrected chi connectivity index (χ1v) is 9.09. The van der Waals surface area contributed by atoms with Crippen molar-refractivity contribution in [2.75, 3.05) is 13.1 Å². The molecule has 138 valence electrons. The Balaban J connectivity index is 1.64. The second-order valence-electron chi connectivity index (χ2n) is 6.73. The molecule has 1 atom stereocenters. The molecule has 3 rings (SSSR count). The lowest BCUT2D eigenvalue weighted by molar-refractivity contribution is -0.137. The number of hydrogen-bond donors (Lipinski definition) is 2. The number of hydrogen-bond acceptors (Lipinski definition) is 4. The van der Waals surface area contributed by atoms with Crippen LogP contribution in [0.25, 0.3) is 11.4 Å². The van der Waals surface area contributed by atoms with E-state index in [9.17, 15) is 9.59 Å². The van der Waals surface area contributed by atoms with Crippen LogP contribution < -0.4 is 0 Å². The Hall–Kier alpha value is -2.70. The Morgan fingerprint density at radius 1 is 1.31 bits per heavy atom. The first kappa shape index (κ1) is 18.1. The lowest BCUT2D eigenvalue weighted by Gasteiger charge is -2.32. The largest absolute Gasteiger partial charge is 0.481 e. The topological polar surface area (TPSA) is 99.2 Å². The normalized spacial score (nSPS) is 17.3. The van der Waals surface area contributed by atoms with Crippen molar-refractivity contribution in [3.63, 3.8) is 0 Å². The van der Waals surface area contributed by atoms with Crippen molar-refractivity contribution in [2.45, 2.75) is 39.0 Å². The molecule has 1 aromatic heterocycles. The highest BCUT2D eigenvalue weighted by Gasteiger charge is 2.24. The van der Waals surface area contributed by atoms with E-state index in [-0.39, 0.29) is 18.2 Å². The third-order valence-electron chi connectivity index (χ3n) is 4.83. The third-order valence-corrected chi connectivity index (χ3v) is 4.83. The average molecular weight is 356 g/mol. The second-order valence-corrected chi connectivity index (χ2v) is 6.73. The van der Waals surface area contributed by atoms with Gasteiger partial charge in [0.25, 0.3) is 5.91 Å². The number of carboxylic acids is 1. The van der Waals surface area contributed by atoms with Crippen molar-refractivity contribution in [1.82, 2.24) is 20.1 Å². The van der Waals surface area contributed by atoms with Crippen LogP contribution in [-0.4, -0.2) is 50.2 Å². The predicted octanol–water partition coefficient (Wildman–Crippen LogP) is 2.75. The molecule has 7 heteroatoms. The predicted molar refractivity (Wildman–Crippen MR) is 96.7 cm³/mol. The maximum absolute atomic E-state index is 12.8. The molecule has 2 aromatic rings. The van der Waals surface area contributed by atoms with Crippen molar-refractivity contribution < 1.29 is 14.7 Å². The highest BCUT2D eigenvalue weighted by molar-refractivity contribution is 5.94. The second kappa shape index (κ2) is 8.12. The number of benzene rings is 1. The number of rotatable bonds is 6. The lowest BCUT2D eigenvalue weighted by atomic mass is 9.93. The molecule has 0 saturated carbocycles. The molecule has 0 radical (unpaired) electrons. The van der Waals surface area contributed by atoms with Crippen LogP contribution in [0.1, 0.15) is 48.8 Å². The van der Waals surface area contributed by atoms with Crippen LogP contribution >= 0.6 is 0 Å². The smallest absolute Gasteiger partial charge is 0.303 e. The number of carboxylic acid groups (broad SMARTS) is 1. The monoisotopic (exact) mass is 356 g/mol. The lowest BCUT2D eigenvalue weighted by Crippen LogP contribution is -2.40. The van der Waals surface area contributed by atoms with E-state index in [1.807, 2.05) is 24.0 Å². The summed E-state index contributed by atoms with van der Waals surface area (Å²) in [6.07, 6.45) is 3.49. The summed E-state index contributed by atoms with van der Waals surface area (Å²) in [5.74, 6) is 0.959. The zero-order valence-corrected chi connectivity index (χ0v) is 14.9. The van der Waals surface area contributed by atoms with Gasteiger partial charge >= 0.3 is 5.97 Å². The fraction of sp³-hybridized carbons (Fsp3) is 0.474. The molecule has 1 unspecified atom stereocenters. The molecule has 0 aliphatic carbocycles. The van der Waals surface area contributed by atoms with E-state index < -0.39 is 5.97 Å². The molecule has 26 heavy (non-hydrogen) atoms. The number of aromatic amines is 1. The number of piperidine rings is 1. The van der Waals surface area contributed by atoms with E-state index in [1.165, 1.54) is 0 Å². The van der Waals surface area contributed by atoms with Crippen LogP contribution in [0.15, 0.2) is 24.3 Å². The molecule has 1 fully saturated rings. The number of H-pyrrole nitrogens is 1. The van der Waals surface area contributed by atoms with E-state index in [0.717, 1.165) is 37.2 Å². The number of carbonyl (C=O) groups excluding carboxylic acids is 1. The van der Waals surface area contributed by atoms with Crippen LogP contribution in [0, 0.1) is 5.92 Å². The molecule has 1 aliphatic heterocycles. The quantitative estimate of drug-likeness (QED) is 0.829. The zero-order valence-electron chi connectivity index (χ0n) is 14.9. The van der Waals surface area contributed by atoms with E-state index >= 15 is 0 Å². The molecular weight excluding hydrogens is 332 g/mol. The van der Waals surface area contributed by atoms with Gasteiger partial charge < -0.3 is 10.0 Å². The number of likely N-dealkylation sites (tertiary alicyclic amines) is 1. The molecule has 1 aromatic carbocycles. The summed E-state index contributed by atoms with van der Waals surface area (Å²) < 4.78 is 0. The van der Waals surface area contributed by atoms with Gasteiger partial charge in [-0.05, 0) is 37.3 Å². The summed E-state index contributed by atoms with van der Waals surface area (Å²) in [5, 5.41) is 15.9. The van der Waals surface area contributed by atoms with Gasteiger partial charge in [-0.1, -0.05) is 19.1 Å². The number of amides is 1. The third kappa shape index (κ3) is 4.28. The molecule has 1 amide bonds. The number of aromatic nitrogens is 3. The molecule has 2 heterocycles. The molecule has 2 N–H and O–H groups in total. The van der Waals surface area contributed by atoms with Gasteiger partial charge in [0.15, 0.2) is 5.82 Å². The summed E-state index contributed by atoms with van der Waals surface area (Å²) in [6, 6.07) is 7.34. The molecule has 1 aliphatic rings. The standard InChI is InChI=1S/C19H24N4O3/c1-2-16-20-18(22-21-16)14-6-8-15(9-7-14)19(26)23-11-3-4-13(12-23)5-10-17(24)25/h6-9,13H,2-5,10-12H2,1H3,(H,24,25)(H,20,21,22). The number of carbonyl (C=O) groups is 2. The van der Waals surface area contributed by atoms with Gasteiger partial charge in [-0.2, -0.15) is 5.10 Å². The molecule has 7 nitrogen and oxygen atoms in total. The summed E-state index contributed by atoms with van der Waals surface area (Å²) in [6.45, 7) is 3.37. The van der Waals surface area contributed by atoms with Gasteiger partial charge in [0, 0.05) is 37.1 Å². The Bertz CT molecular complexity index is 769. The van der Waals surface area contributed by atoms with Gasteiger partial charge in [0.2, 0.25) is 0 Å². The maximum atomic E-state index is 12.8. The van der Waals surface area contributed by atoms with Crippen molar-refractivity contribution in [1.29, 1.82) is 0 Å². The Labute approximate surface area is 152 Å². The zero-order chi connectivity index (χ0) is 18.5. The Kier molecular flexibility index (Phi) is 5.65. The van der Waals surface area contributed by atoms with E-state index in [4.69, 9.17) is 5.11 Å². The van der Waals surface area contributed by atoms with Crippen LogP contribution in [0.2, 0.25) is 0 Å². The van der Waals surface area contributed by atoms with Crippen molar-refractivity contribution >= 4 is 11.9 Å². The molecular formula is C19H24N4O3. The van der Waals surface area contributed by atoms with Gasteiger partial charge in [0.05, 0.1) is 0 Å². The SMILES string of the molecule is CCc1nc(-c2ccc(C(=O)N3CCCC(CCC(=O)O)C3)cc2)n[nH]1. The fourth-order valence-electron chi connectivity index (χ4n) is 3.34. The van der Waals surface area contributed by atoms with Gasteiger partial charge in [-0.3, -0.25) is 14.7 Å². The van der Waals surface area contributed by atoms with Gasteiger partial charge in [0.1, 0.15) is 5.82 Å².